The van der Waals surface area contributed by atoms with E-state index in [4.69, 9.17) is 4.74 Å². The fourth-order valence-corrected chi connectivity index (χ4v) is 2.24. The number of hydrogen-bond acceptors (Lipinski definition) is 3. The lowest BCUT2D eigenvalue weighted by molar-refractivity contribution is 0.189. The first-order valence-corrected chi connectivity index (χ1v) is 6.42. The average molecular weight is 262 g/mol. The highest BCUT2D eigenvalue weighted by molar-refractivity contribution is 5.77. The number of benzene rings is 1. The van der Waals surface area contributed by atoms with E-state index in [1.807, 2.05) is 19.1 Å². The Balaban J connectivity index is 2.64. The fourth-order valence-electron chi connectivity index (χ4n) is 2.24. The van der Waals surface area contributed by atoms with Crippen LogP contribution in [0.25, 0.3) is 10.9 Å². The molecule has 19 heavy (non-hydrogen) atoms. The van der Waals surface area contributed by atoms with E-state index in [1.165, 1.54) is 4.57 Å². The minimum Gasteiger partial charge on any atom is -0.385 e. The van der Waals surface area contributed by atoms with Crippen LogP contribution in [-0.4, -0.2) is 22.9 Å². The molecule has 5 nitrogen and oxygen atoms in total. The van der Waals surface area contributed by atoms with Crippen LogP contribution in [0.3, 0.4) is 0 Å². The Morgan fingerprint density at radius 1 is 1.16 bits per heavy atom. The summed E-state index contributed by atoms with van der Waals surface area (Å²) < 4.78 is 7.89. The molecule has 0 atom stereocenters. The molecule has 0 aliphatic heterocycles. The second-order valence-corrected chi connectivity index (χ2v) is 4.35. The minimum atomic E-state index is -0.248. The summed E-state index contributed by atoms with van der Waals surface area (Å²) in [7, 11) is 1.60. The zero-order valence-electron chi connectivity index (χ0n) is 11.3. The van der Waals surface area contributed by atoms with E-state index in [1.54, 1.807) is 23.8 Å². The van der Waals surface area contributed by atoms with Crippen molar-refractivity contribution in [3.63, 3.8) is 0 Å². The predicted molar refractivity (Wildman–Crippen MR) is 74.6 cm³/mol. The molecule has 0 amide bonds. The van der Waals surface area contributed by atoms with E-state index in [-0.39, 0.29) is 11.2 Å². The number of aromatic nitrogens is 2. The van der Waals surface area contributed by atoms with Gasteiger partial charge in [-0.15, -0.1) is 0 Å². The van der Waals surface area contributed by atoms with Crippen molar-refractivity contribution in [2.24, 2.45) is 0 Å². The second kappa shape index (κ2) is 5.84. The zero-order valence-corrected chi connectivity index (χ0v) is 11.3. The van der Waals surface area contributed by atoms with Crippen LogP contribution in [-0.2, 0) is 17.8 Å². The van der Waals surface area contributed by atoms with Crippen LogP contribution in [0, 0.1) is 0 Å². The van der Waals surface area contributed by atoms with Gasteiger partial charge in [0.1, 0.15) is 0 Å². The molecule has 1 aromatic heterocycles. The van der Waals surface area contributed by atoms with Crippen LogP contribution in [0.4, 0.5) is 0 Å². The third-order valence-electron chi connectivity index (χ3n) is 3.18. The Labute approximate surface area is 111 Å². The Bertz CT molecular complexity index is 685. The quantitative estimate of drug-likeness (QED) is 0.761. The van der Waals surface area contributed by atoms with Crippen molar-refractivity contribution < 1.29 is 4.74 Å². The third kappa shape index (κ3) is 2.46. The predicted octanol–water partition coefficient (Wildman–Crippen LogP) is 1.22. The van der Waals surface area contributed by atoms with Crippen molar-refractivity contribution in [3.05, 3.63) is 45.1 Å². The molecule has 2 aromatic rings. The first-order valence-electron chi connectivity index (χ1n) is 6.42. The topological polar surface area (TPSA) is 53.2 Å². The summed E-state index contributed by atoms with van der Waals surface area (Å²) >= 11 is 0. The summed E-state index contributed by atoms with van der Waals surface area (Å²) in [6.07, 6.45) is 0.647. The molecule has 2 rings (SSSR count). The molecule has 1 heterocycles. The number of fused-ring (bicyclic) bond motifs is 1. The van der Waals surface area contributed by atoms with Crippen LogP contribution in [0.5, 0.6) is 0 Å². The van der Waals surface area contributed by atoms with Crippen LogP contribution < -0.4 is 11.2 Å². The summed E-state index contributed by atoms with van der Waals surface area (Å²) in [5, 5.41) is 0.585. The van der Waals surface area contributed by atoms with Crippen LogP contribution in [0.2, 0.25) is 0 Å². The molecule has 0 saturated heterocycles. The van der Waals surface area contributed by atoms with Gasteiger partial charge >= 0.3 is 5.69 Å². The Morgan fingerprint density at radius 3 is 2.58 bits per heavy atom. The van der Waals surface area contributed by atoms with Gasteiger partial charge < -0.3 is 4.74 Å². The summed E-state index contributed by atoms with van der Waals surface area (Å²) in [4.78, 5) is 24.6. The maximum Gasteiger partial charge on any atom is 0.331 e. The van der Waals surface area contributed by atoms with Crippen molar-refractivity contribution in [2.45, 2.75) is 26.4 Å². The van der Waals surface area contributed by atoms with Gasteiger partial charge in [-0.05, 0) is 25.5 Å². The van der Waals surface area contributed by atoms with Gasteiger partial charge in [-0.25, -0.2) is 4.79 Å². The van der Waals surface area contributed by atoms with E-state index in [0.717, 1.165) is 0 Å². The van der Waals surface area contributed by atoms with E-state index >= 15 is 0 Å². The highest BCUT2D eigenvalue weighted by atomic mass is 16.5. The van der Waals surface area contributed by atoms with Gasteiger partial charge in [0, 0.05) is 26.8 Å². The lowest BCUT2D eigenvalue weighted by atomic mass is 10.2. The van der Waals surface area contributed by atoms with Crippen LogP contribution >= 0.6 is 0 Å². The molecule has 0 aliphatic carbocycles. The zero-order chi connectivity index (χ0) is 13.8. The summed E-state index contributed by atoms with van der Waals surface area (Å²) in [6.45, 7) is 3.36. The largest absolute Gasteiger partial charge is 0.385 e. The van der Waals surface area contributed by atoms with Gasteiger partial charge in [0.15, 0.2) is 0 Å². The summed E-state index contributed by atoms with van der Waals surface area (Å²) in [5.74, 6) is 0. The molecule has 5 heteroatoms. The van der Waals surface area contributed by atoms with Crippen molar-refractivity contribution in [2.75, 3.05) is 13.7 Å². The molecule has 0 radical (unpaired) electrons. The average Bonchev–Trinajstić information content (AvgIpc) is 2.43. The number of methoxy groups -OCH3 is 1. The Kier molecular flexibility index (Phi) is 4.16. The maximum absolute atomic E-state index is 12.3. The summed E-state index contributed by atoms with van der Waals surface area (Å²) in [5.41, 5.74) is 0.228. The first-order chi connectivity index (χ1) is 9.20. The normalized spacial score (nSPS) is 11.1. The SMILES string of the molecule is CCn1c(=O)n(CCCOC)c(=O)c2ccccc21. The molecule has 0 N–H and O–H groups in total. The highest BCUT2D eigenvalue weighted by Crippen LogP contribution is 2.07. The van der Waals surface area contributed by atoms with Gasteiger partial charge in [0.25, 0.3) is 5.56 Å². The van der Waals surface area contributed by atoms with E-state index in [0.29, 0.717) is 37.0 Å². The molecule has 0 unspecified atom stereocenters. The molecule has 102 valence electrons. The lowest BCUT2D eigenvalue weighted by Gasteiger charge is -2.12. The highest BCUT2D eigenvalue weighted by Gasteiger charge is 2.11. The first kappa shape index (κ1) is 13.5. The number of aryl methyl sites for hydroxylation is 1. The molecule has 0 saturated carbocycles. The molecular formula is C14H18N2O3. The number of nitrogens with zero attached hydrogens (tertiary/aromatic N) is 2. The lowest BCUT2D eigenvalue weighted by Crippen LogP contribution is -2.40. The van der Waals surface area contributed by atoms with Crippen LogP contribution in [0.15, 0.2) is 33.9 Å². The second-order valence-electron chi connectivity index (χ2n) is 4.35. The molecule has 0 aliphatic rings. The smallest absolute Gasteiger partial charge is 0.331 e. The van der Waals surface area contributed by atoms with Crippen molar-refractivity contribution in [1.82, 2.24) is 9.13 Å². The van der Waals surface area contributed by atoms with Gasteiger partial charge in [0.2, 0.25) is 0 Å². The Morgan fingerprint density at radius 2 is 1.89 bits per heavy atom. The van der Waals surface area contributed by atoms with Gasteiger partial charge in [0.05, 0.1) is 10.9 Å². The molecule has 0 fully saturated rings. The number of ether oxygens (including phenoxy) is 1. The molecule has 0 spiro atoms. The van der Waals surface area contributed by atoms with E-state index in [9.17, 15) is 9.59 Å². The van der Waals surface area contributed by atoms with E-state index in [2.05, 4.69) is 0 Å². The molecule has 0 bridgehead atoms. The van der Waals surface area contributed by atoms with E-state index < -0.39 is 0 Å². The third-order valence-corrected chi connectivity index (χ3v) is 3.18. The van der Waals surface area contributed by atoms with Crippen molar-refractivity contribution in [1.29, 1.82) is 0 Å². The molecular weight excluding hydrogens is 244 g/mol. The number of rotatable bonds is 5. The van der Waals surface area contributed by atoms with Gasteiger partial charge in [-0.3, -0.25) is 13.9 Å². The monoisotopic (exact) mass is 262 g/mol. The number of hydrogen-bond donors (Lipinski definition) is 0. The standard InChI is InChI=1S/C14H18N2O3/c1-3-15-12-8-5-4-7-11(12)13(17)16(14(15)18)9-6-10-19-2/h4-5,7-8H,3,6,9-10H2,1-2H3. The van der Waals surface area contributed by atoms with Crippen LogP contribution in [0.1, 0.15) is 13.3 Å². The Hall–Kier alpha value is -1.88. The minimum absolute atomic E-state index is 0.221. The fraction of sp³-hybridized carbons (Fsp3) is 0.429. The maximum atomic E-state index is 12.3. The van der Waals surface area contributed by atoms with Crippen molar-refractivity contribution in [3.8, 4) is 0 Å². The molecule has 1 aromatic carbocycles. The van der Waals surface area contributed by atoms with Crippen molar-refractivity contribution >= 4 is 10.9 Å². The van der Waals surface area contributed by atoms with Gasteiger partial charge in [-0.2, -0.15) is 0 Å². The number of para-hydroxylation sites is 1. The summed E-state index contributed by atoms with van der Waals surface area (Å²) in [6, 6.07) is 7.22. The van der Waals surface area contributed by atoms with Gasteiger partial charge in [-0.1, -0.05) is 12.1 Å².